The summed E-state index contributed by atoms with van der Waals surface area (Å²) in [5, 5.41) is 1.48. The van der Waals surface area contributed by atoms with E-state index in [4.69, 9.17) is 19.2 Å². The minimum atomic E-state index is -4.40. The molecule has 0 radical (unpaired) electrons. The molecule has 3 aliphatic heterocycles. The van der Waals surface area contributed by atoms with Crippen molar-refractivity contribution < 1.29 is 55.0 Å². The molecule has 1 aromatic heterocycles. The highest BCUT2D eigenvalue weighted by molar-refractivity contribution is 7.91. The van der Waals surface area contributed by atoms with Gasteiger partial charge >= 0.3 is 5.97 Å². The molecule has 3 fully saturated rings. The number of aryl methyl sites for hydroxylation is 1. The van der Waals surface area contributed by atoms with E-state index in [9.17, 15) is 36.0 Å². The third-order valence-electron chi connectivity index (χ3n) is 13.9. The van der Waals surface area contributed by atoms with Crippen molar-refractivity contribution in [2.24, 2.45) is 29.1 Å². The molecule has 334 valence electrons. The van der Waals surface area contributed by atoms with Crippen LogP contribution in [0.2, 0.25) is 0 Å². The largest absolute Gasteiger partial charge is 0.491 e. The molecule has 7 rings (SSSR count). The molecule has 2 saturated carbocycles. The quantitative estimate of drug-likeness (QED) is 0.181. The smallest absolute Gasteiger partial charge is 0.307 e. The topological polar surface area (TPSA) is 158 Å². The average Bonchev–Trinajstić information content (AvgIpc) is 4.11. The van der Waals surface area contributed by atoms with Crippen molar-refractivity contribution in [3.8, 4) is 11.6 Å². The Kier molecular flexibility index (Phi) is 12.4. The Hall–Kier alpha value is -4.21. The lowest BCUT2D eigenvalue weighted by Gasteiger charge is -2.35. The summed E-state index contributed by atoms with van der Waals surface area (Å²) in [7, 11) is -4.40. The molecule has 1 N–H and O–H groups in total. The number of carbonyl (C=O) groups is 4. The van der Waals surface area contributed by atoms with Gasteiger partial charge in [0.1, 0.15) is 23.3 Å². The maximum Gasteiger partial charge on any atom is 0.307 e. The van der Waals surface area contributed by atoms with Crippen LogP contribution in [0.5, 0.6) is 11.6 Å². The van der Waals surface area contributed by atoms with Crippen LogP contribution in [0.15, 0.2) is 36.4 Å². The number of halogens is 3. The maximum absolute atomic E-state index is 15.2. The fourth-order valence-corrected chi connectivity index (χ4v) is 10.8. The van der Waals surface area contributed by atoms with Gasteiger partial charge in [-0.3, -0.25) is 23.9 Å². The van der Waals surface area contributed by atoms with E-state index in [1.807, 2.05) is 50.3 Å². The second-order valence-corrected chi connectivity index (χ2v) is 20.8. The van der Waals surface area contributed by atoms with Crippen LogP contribution in [0.3, 0.4) is 0 Å². The van der Waals surface area contributed by atoms with Crippen LogP contribution < -0.4 is 14.2 Å². The molecule has 16 heteroatoms. The van der Waals surface area contributed by atoms with Gasteiger partial charge in [0.05, 0.1) is 42.6 Å². The normalized spacial score (nSPS) is 29.8. The van der Waals surface area contributed by atoms with E-state index in [0.29, 0.717) is 62.7 Å². The Morgan fingerprint density at radius 2 is 1.82 bits per heavy atom. The molecular formula is C45H58F3N3O9S. The highest BCUT2D eigenvalue weighted by atomic mass is 32.2. The molecule has 4 heterocycles. The van der Waals surface area contributed by atoms with E-state index in [1.165, 1.54) is 4.90 Å². The zero-order valence-corrected chi connectivity index (χ0v) is 36.5. The molecule has 1 saturated heterocycles. The van der Waals surface area contributed by atoms with Crippen molar-refractivity contribution in [3.63, 3.8) is 0 Å². The van der Waals surface area contributed by atoms with Crippen molar-refractivity contribution in [1.82, 2.24) is 14.6 Å². The summed E-state index contributed by atoms with van der Waals surface area (Å²) in [4.78, 5) is 63.9. The molecule has 1 aromatic carbocycles. The minimum absolute atomic E-state index is 0.00488. The predicted molar refractivity (Wildman–Crippen MR) is 220 cm³/mol. The van der Waals surface area contributed by atoms with E-state index >= 15 is 4.79 Å². The first kappa shape index (κ1) is 44.8. The number of ketones is 1. The summed E-state index contributed by atoms with van der Waals surface area (Å²) in [6.07, 6.45) is 6.06. The van der Waals surface area contributed by atoms with Crippen molar-refractivity contribution in [2.75, 3.05) is 19.8 Å². The van der Waals surface area contributed by atoms with Crippen LogP contribution in [0.4, 0.5) is 13.2 Å². The Morgan fingerprint density at radius 1 is 1.10 bits per heavy atom. The molecule has 12 nitrogen and oxygen atoms in total. The van der Waals surface area contributed by atoms with Crippen LogP contribution in [-0.4, -0.2) is 90.1 Å². The lowest BCUT2D eigenvalue weighted by atomic mass is 9.79. The van der Waals surface area contributed by atoms with Crippen LogP contribution in [0.25, 0.3) is 10.8 Å². The highest BCUT2D eigenvalue weighted by Crippen LogP contribution is 2.58. The SMILES string of the molecule is CC[C@@H]1C[C@@H](C)CC/C=C\[C@@H]2C[C@@]2(C(=O)NS(=O)(=O)C2(CF)CC2)CC(=O)[C@@H]2C[C@@H](Oc3nc4c(c5ccccc35)OCCC4)CN2C(=O)C1CC(=O)OC(C)(C)C(C)(F)F. The molecular weight excluding hydrogens is 816 g/mol. The van der Waals surface area contributed by atoms with Gasteiger partial charge in [0.15, 0.2) is 11.4 Å². The maximum atomic E-state index is 15.2. The van der Waals surface area contributed by atoms with Crippen molar-refractivity contribution in [1.29, 1.82) is 0 Å². The van der Waals surface area contributed by atoms with Gasteiger partial charge in [-0.1, -0.05) is 50.6 Å². The third kappa shape index (κ3) is 8.88. The number of amides is 2. The summed E-state index contributed by atoms with van der Waals surface area (Å²) >= 11 is 0. The lowest BCUT2D eigenvalue weighted by Crippen LogP contribution is -2.49. The molecule has 0 bridgehead atoms. The number of alkyl halides is 3. The Labute approximate surface area is 355 Å². The number of rotatable bonds is 11. The van der Waals surface area contributed by atoms with Gasteiger partial charge in [-0.15, -0.1) is 0 Å². The number of nitrogens with one attached hydrogen (secondary N) is 1. The number of ether oxygens (including phenoxy) is 3. The molecule has 2 amide bonds. The van der Waals surface area contributed by atoms with E-state index in [-0.39, 0.29) is 38.1 Å². The van der Waals surface area contributed by atoms with E-state index in [0.717, 1.165) is 31.3 Å². The first-order chi connectivity index (χ1) is 28.7. The average molecular weight is 874 g/mol. The van der Waals surface area contributed by atoms with Crippen molar-refractivity contribution in [3.05, 3.63) is 42.1 Å². The summed E-state index contributed by atoms with van der Waals surface area (Å²) in [6, 6.07) is 6.32. The first-order valence-corrected chi connectivity index (χ1v) is 23.2. The van der Waals surface area contributed by atoms with Crippen LogP contribution in [0.1, 0.15) is 111 Å². The van der Waals surface area contributed by atoms with Gasteiger partial charge in [0.2, 0.25) is 27.7 Å². The molecule has 1 unspecified atom stereocenters. The Morgan fingerprint density at radius 3 is 2.49 bits per heavy atom. The molecule has 7 atom stereocenters. The number of fused-ring (bicyclic) bond motifs is 5. The number of nitrogens with zero attached hydrogens (tertiary/aromatic N) is 2. The molecule has 5 aliphatic rings. The molecule has 61 heavy (non-hydrogen) atoms. The fourth-order valence-electron chi connectivity index (χ4n) is 9.34. The van der Waals surface area contributed by atoms with E-state index < -0.39 is 105 Å². The lowest BCUT2D eigenvalue weighted by molar-refractivity contribution is -0.197. The summed E-state index contributed by atoms with van der Waals surface area (Å²) < 4.78 is 88.1. The number of pyridine rings is 1. The summed E-state index contributed by atoms with van der Waals surface area (Å²) in [6.45, 7) is 6.12. The second-order valence-electron chi connectivity index (χ2n) is 18.7. The fraction of sp³-hybridized carbons (Fsp3) is 0.667. The molecule has 2 aliphatic carbocycles. The van der Waals surface area contributed by atoms with Crippen molar-refractivity contribution in [2.45, 2.75) is 140 Å². The van der Waals surface area contributed by atoms with Gasteiger partial charge in [-0.2, -0.15) is 0 Å². The summed E-state index contributed by atoms with van der Waals surface area (Å²) in [5.74, 6) is -7.19. The van der Waals surface area contributed by atoms with Crippen LogP contribution in [0, 0.1) is 29.1 Å². The van der Waals surface area contributed by atoms with Gasteiger partial charge in [0, 0.05) is 30.5 Å². The first-order valence-electron chi connectivity index (χ1n) is 21.7. The van der Waals surface area contributed by atoms with Gasteiger partial charge in [-0.25, -0.2) is 26.6 Å². The zero-order chi connectivity index (χ0) is 44.1. The number of aromatic nitrogens is 1. The highest BCUT2D eigenvalue weighted by Gasteiger charge is 2.63. The minimum Gasteiger partial charge on any atom is -0.491 e. The van der Waals surface area contributed by atoms with Gasteiger partial charge in [0.25, 0.3) is 5.92 Å². The number of esters is 1. The van der Waals surface area contributed by atoms with E-state index in [2.05, 4.69) is 4.72 Å². The number of benzene rings is 1. The number of hydrogen-bond donors (Lipinski definition) is 1. The number of carbonyl (C=O) groups excluding carboxylic acids is 4. The third-order valence-corrected chi connectivity index (χ3v) is 16.1. The Bertz CT molecular complexity index is 2190. The number of allylic oxidation sites excluding steroid dienone is 2. The van der Waals surface area contributed by atoms with Crippen molar-refractivity contribution >= 4 is 44.4 Å². The number of hydrogen-bond acceptors (Lipinski definition) is 10. The Balaban J connectivity index is 1.25. The number of sulfonamides is 1. The molecule has 0 spiro atoms. The monoisotopic (exact) mass is 873 g/mol. The van der Waals surface area contributed by atoms with Gasteiger partial charge in [-0.05, 0) is 89.0 Å². The van der Waals surface area contributed by atoms with Crippen LogP contribution >= 0.6 is 0 Å². The number of Topliss-reactive ketones (excluding diaryl/α,β-unsaturated/α-hetero) is 1. The zero-order valence-electron chi connectivity index (χ0n) is 35.6. The van der Waals surface area contributed by atoms with Gasteiger partial charge < -0.3 is 19.1 Å². The van der Waals surface area contributed by atoms with Crippen LogP contribution in [-0.2, 0) is 40.4 Å². The van der Waals surface area contributed by atoms with E-state index in [1.54, 1.807) is 0 Å². The predicted octanol–water partition coefficient (Wildman–Crippen LogP) is 7.21. The second kappa shape index (κ2) is 16.8. The molecule has 2 aromatic rings. The summed E-state index contributed by atoms with van der Waals surface area (Å²) in [5.41, 5.74) is -2.91. The standard InChI is InChI=1S/C45H58F3N3O9S/c1-6-28-20-27(2)12-7-8-13-29-23-45(29,41(55)50-61(56,57)44(26-46)17-18-44)24-36(52)35-21-30(25-51(35)40(54)33(28)22-37(53)60-42(3,4)43(5,47)48)59-39-32-15-10-9-14-31(32)38-34(49-39)16-11-19-58-38/h8-10,13-15,27-30,33,35H,6-7,11-12,16-26H2,1-5H3,(H,50,55)/b13-8-/t27-,28+,29+,30+,33?,35-,45+/m0/s1.